The molecule has 10 heteroatoms. The molecule has 2 aromatic rings. The third kappa shape index (κ3) is 6.36. The predicted octanol–water partition coefficient (Wildman–Crippen LogP) is 3.76. The van der Waals surface area contributed by atoms with Gasteiger partial charge in [-0.3, -0.25) is 10.1 Å². The summed E-state index contributed by atoms with van der Waals surface area (Å²) >= 11 is 0.315. The van der Waals surface area contributed by atoms with E-state index < -0.39 is 29.1 Å². The summed E-state index contributed by atoms with van der Waals surface area (Å²) in [5.41, 5.74) is 0.900. The Labute approximate surface area is 151 Å². The molecule has 0 aliphatic heterocycles. The molecule has 6 nitrogen and oxygen atoms in total. The van der Waals surface area contributed by atoms with E-state index in [4.69, 9.17) is 5.11 Å². The number of hydrogen-bond donors (Lipinski definition) is 3. The van der Waals surface area contributed by atoms with Crippen LogP contribution in [0.1, 0.15) is 23.3 Å². The molecule has 0 fully saturated rings. The molecule has 2 amide bonds. The number of nitrogens with zero attached hydrogens (tertiary/aromatic N) is 1. The molecule has 1 unspecified atom stereocenters. The van der Waals surface area contributed by atoms with Crippen LogP contribution >= 0.6 is 11.3 Å². The summed E-state index contributed by atoms with van der Waals surface area (Å²) in [5.74, 6) is -1.000. The fourth-order valence-corrected chi connectivity index (χ4v) is 2.88. The number of carboxylic acids is 1. The number of halogens is 3. The van der Waals surface area contributed by atoms with Gasteiger partial charge in [0.2, 0.25) is 0 Å². The van der Waals surface area contributed by atoms with Crippen LogP contribution in [0.15, 0.2) is 36.5 Å². The number of aromatic nitrogens is 1. The van der Waals surface area contributed by atoms with Gasteiger partial charge in [-0.2, -0.15) is 13.2 Å². The number of hydrogen-bond acceptors (Lipinski definition) is 4. The quantitative estimate of drug-likeness (QED) is 0.675. The average Bonchev–Trinajstić information content (AvgIpc) is 3.02. The highest BCUT2D eigenvalue weighted by Gasteiger charge is 2.33. The number of thiazole rings is 1. The van der Waals surface area contributed by atoms with Gasteiger partial charge in [-0.25, -0.2) is 9.78 Å². The van der Waals surface area contributed by atoms with Crippen LogP contribution in [0.4, 0.5) is 23.1 Å². The van der Waals surface area contributed by atoms with Gasteiger partial charge in [-0.1, -0.05) is 41.7 Å². The van der Waals surface area contributed by atoms with Gasteiger partial charge in [-0.15, -0.1) is 0 Å². The van der Waals surface area contributed by atoms with Crippen LogP contribution in [0.2, 0.25) is 0 Å². The van der Waals surface area contributed by atoms with Gasteiger partial charge in [0.15, 0.2) is 5.13 Å². The molecule has 1 heterocycles. The van der Waals surface area contributed by atoms with Crippen molar-refractivity contribution in [3.05, 3.63) is 47.0 Å². The molecule has 0 aliphatic rings. The minimum atomic E-state index is -4.52. The number of rotatable bonds is 7. The van der Waals surface area contributed by atoms with Gasteiger partial charge in [0, 0.05) is 12.5 Å². The van der Waals surface area contributed by atoms with E-state index in [9.17, 15) is 22.8 Å². The van der Waals surface area contributed by atoms with E-state index in [0.717, 1.165) is 5.56 Å². The monoisotopic (exact) mass is 387 g/mol. The van der Waals surface area contributed by atoms with E-state index in [1.165, 1.54) is 0 Å². The first-order valence-corrected chi connectivity index (χ1v) is 8.42. The topological polar surface area (TPSA) is 91.3 Å². The fourth-order valence-electron chi connectivity index (χ4n) is 2.20. The van der Waals surface area contributed by atoms with E-state index in [1.54, 1.807) is 0 Å². The summed E-state index contributed by atoms with van der Waals surface area (Å²) in [7, 11) is 0. The van der Waals surface area contributed by atoms with Gasteiger partial charge in [0.25, 0.3) is 0 Å². The normalized spacial score (nSPS) is 12.4. The number of carboxylic acid groups (broad SMARTS) is 1. The van der Waals surface area contributed by atoms with Crippen LogP contribution in [0, 0.1) is 0 Å². The molecule has 0 saturated carbocycles. The molecule has 1 aromatic heterocycles. The lowest BCUT2D eigenvalue weighted by Crippen LogP contribution is -2.39. The Balaban J connectivity index is 1.98. The summed E-state index contributed by atoms with van der Waals surface area (Å²) in [6, 6.07) is 7.91. The average molecular weight is 387 g/mol. The first-order chi connectivity index (χ1) is 12.2. The standard InChI is InChI=1S/C16H16F3N3O3S/c17-16(18,19)12-9-20-15(26-12)22-14(25)21-11(6-7-13(23)24)8-10-4-2-1-3-5-10/h1-5,9,11H,6-8H2,(H,23,24)(H2,20,21,22,25). The lowest BCUT2D eigenvalue weighted by molar-refractivity contribution is -0.137. The van der Waals surface area contributed by atoms with Crippen molar-refractivity contribution in [1.82, 2.24) is 10.3 Å². The molecular formula is C16H16F3N3O3S. The number of amides is 2. The van der Waals surface area contributed by atoms with Crippen molar-refractivity contribution in [3.63, 3.8) is 0 Å². The second kappa shape index (κ2) is 8.65. The number of nitrogens with one attached hydrogen (secondary N) is 2. The molecule has 0 bridgehead atoms. The summed E-state index contributed by atoms with van der Waals surface area (Å²) in [6.07, 6.45) is -3.44. The molecule has 0 aliphatic carbocycles. The van der Waals surface area contributed by atoms with Crippen molar-refractivity contribution in [2.75, 3.05) is 5.32 Å². The van der Waals surface area contributed by atoms with Gasteiger partial charge in [0.1, 0.15) is 4.88 Å². The second-order valence-electron chi connectivity index (χ2n) is 5.44. The SMILES string of the molecule is O=C(O)CCC(Cc1ccccc1)NC(=O)Nc1ncc(C(F)(F)F)s1. The predicted molar refractivity (Wildman–Crippen MR) is 90.1 cm³/mol. The zero-order valence-corrected chi connectivity index (χ0v) is 14.2. The van der Waals surface area contributed by atoms with Gasteiger partial charge >= 0.3 is 18.2 Å². The van der Waals surface area contributed by atoms with E-state index in [2.05, 4.69) is 15.6 Å². The summed E-state index contributed by atoms with van der Waals surface area (Å²) in [6.45, 7) is 0. The Bertz CT molecular complexity index is 750. The zero-order chi connectivity index (χ0) is 19.2. The van der Waals surface area contributed by atoms with Crippen molar-refractivity contribution < 1.29 is 27.9 Å². The van der Waals surface area contributed by atoms with Crippen molar-refractivity contribution in [1.29, 1.82) is 0 Å². The third-order valence-electron chi connectivity index (χ3n) is 3.37. The minimum absolute atomic E-state index is 0.146. The Morgan fingerprint density at radius 1 is 1.23 bits per heavy atom. The molecule has 140 valence electrons. The smallest absolute Gasteiger partial charge is 0.427 e. The third-order valence-corrected chi connectivity index (χ3v) is 4.33. The van der Waals surface area contributed by atoms with Gasteiger partial charge in [0.05, 0.1) is 6.20 Å². The van der Waals surface area contributed by atoms with Gasteiger partial charge < -0.3 is 10.4 Å². The maximum Gasteiger partial charge on any atom is 0.427 e. The first-order valence-electron chi connectivity index (χ1n) is 7.60. The zero-order valence-electron chi connectivity index (χ0n) is 13.4. The van der Waals surface area contributed by atoms with E-state index in [0.29, 0.717) is 24.0 Å². The first kappa shape index (κ1) is 19.7. The molecule has 1 aromatic carbocycles. The van der Waals surface area contributed by atoms with Crippen molar-refractivity contribution in [2.45, 2.75) is 31.5 Å². The number of urea groups is 1. The molecule has 0 radical (unpaired) electrons. The molecular weight excluding hydrogens is 371 g/mol. The molecule has 0 spiro atoms. The molecule has 1 atom stereocenters. The fraction of sp³-hybridized carbons (Fsp3) is 0.312. The maximum absolute atomic E-state index is 12.6. The Morgan fingerprint density at radius 3 is 2.50 bits per heavy atom. The van der Waals surface area contributed by atoms with E-state index in [1.807, 2.05) is 30.3 Å². The Hall–Kier alpha value is -2.62. The largest absolute Gasteiger partial charge is 0.481 e. The maximum atomic E-state index is 12.6. The summed E-state index contributed by atoms with van der Waals surface area (Å²) < 4.78 is 37.7. The van der Waals surface area contributed by atoms with Crippen LogP contribution < -0.4 is 10.6 Å². The van der Waals surface area contributed by atoms with Crippen LogP contribution in [0.25, 0.3) is 0 Å². The minimum Gasteiger partial charge on any atom is -0.481 e. The lowest BCUT2D eigenvalue weighted by atomic mass is 10.0. The van der Waals surface area contributed by atoms with Crippen molar-refractivity contribution in [3.8, 4) is 0 Å². The van der Waals surface area contributed by atoms with Crippen LogP contribution in [-0.2, 0) is 17.4 Å². The van der Waals surface area contributed by atoms with E-state index >= 15 is 0 Å². The molecule has 2 rings (SSSR count). The highest BCUT2D eigenvalue weighted by Crippen LogP contribution is 2.34. The Kier molecular flexibility index (Phi) is 6.56. The summed E-state index contributed by atoms with van der Waals surface area (Å²) in [5, 5.41) is 13.5. The highest BCUT2D eigenvalue weighted by molar-refractivity contribution is 7.15. The number of carbonyl (C=O) groups excluding carboxylic acids is 1. The second-order valence-corrected chi connectivity index (χ2v) is 6.48. The van der Waals surface area contributed by atoms with Crippen molar-refractivity contribution in [2.24, 2.45) is 0 Å². The van der Waals surface area contributed by atoms with Crippen LogP contribution in [-0.4, -0.2) is 28.1 Å². The summed E-state index contributed by atoms with van der Waals surface area (Å²) in [4.78, 5) is 25.4. The lowest BCUT2D eigenvalue weighted by Gasteiger charge is -2.18. The van der Waals surface area contributed by atoms with Crippen LogP contribution in [0.5, 0.6) is 0 Å². The number of benzene rings is 1. The highest BCUT2D eigenvalue weighted by atomic mass is 32.1. The van der Waals surface area contributed by atoms with E-state index in [-0.39, 0.29) is 18.0 Å². The number of alkyl halides is 3. The van der Waals surface area contributed by atoms with Crippen molar-refractivity contribution >= 4 is 28.5 Å². The Morgan fingerprint density at radius 2 is 1.92 bits per heavy atom. The molecule has 26 heavy (non-hydrogen) atoms. The van der Waals surface area contributed by atoms with Gasteiger partial charge in [-0.05, 0) is 18.4 Å². The number of carbonyl (C=O) groups is 2. The van der Waals surface area contributed by atoms with Crippen LogP contribution in [0.3, 0.4) is 0 Å². The number of aliphatic carboxylic acids is 1. The molecule has 0 saturated heterocycles. The number of anilines is 1. The molecule has 3 N–H and O–H groups in total.